The Morgan fingerprint density at radius 2 is 2.18 bits per heavy atom. The predicted octanol–water partition coefficient (Wildman–Crippen LogP) is 3.47. The van der Waals surface area contributed by atoms with Crippen molar-refractivity contribution >= 4 is 33.2 Å². The standard InChI is InChI=1S/C16H13BrClN3O/c17-15-4-2-12(9-20-15)16(22)5-6-21(10-16)13-3-1-11(8-19)14(18)7-13/h1-4,7,9,22H,5-6,10H2. The molecule has 6 heteroatoms. The van der Waals surface area contributed by atoms with E-state index in [9.17, 15) is 5.11 Å². The third kappa shape index (κ3) is 2.82. The summed E-state index contributed by atoms with van der Waals surface area (Å²) in [6.07, 6.45) is 2.31. The van der Waals surface area contributed by atoms with E-state index in [-0.39, 0.29) is 0 Å². The second-order valence-electron chi connectivity index (χ2n) is 5.35. The normalized spacial score (nSPS) is 20.9. The quantitative estimate of drug-likeness (QED) is 0.813. The third-order valence-electron chi connectivity index (χ3n) is 3.95. The molecule has 1 atom stereocenters. The first kappa shape index (κ1) is 15.3. The SMILES string of the molecule is N#Cc1ccc(N2CCC(O)(c3ccc(Br)nc3)C2)cc1Cl. The molecule has 0 amide bonds. The summed E-state index contributed by atoms with van der Waals surface area (Å²) in [6, 6.07) is 11.1. The summed E-state index contributed by atoms with van der Waals surface area (Å²) < 4.78 is 0.744. The summed E-state index contributed by atoms with van der Waals surface area (Å²) >= 11 is 9.38. The number of aliphatic hydroxyl groups is 1. The van der Waals surface area contributed by atoms with Crippen molar-refractivity contribution in [2.75, 3.05) is 18.0 Å². The highest BCUT2D eigenvalue weighted by Gasteiger charge is 2.38. The van der Waals surface area contributed by atoms with E-state index in [1.165, 1.54) is 0 Å². The highest BCUT2D eigenvalue weighted by atomic mass is 79.9. The molecule has 1 aromatic carbocycles. The van der Waals surface area contributed by atoms with Gasteiger partial charge in [-0.05, 0) is 46.6 Å². The van der Waals surface area contributed by atoms with Crippen molar-refractivity contribution in [2.24, 2.45) is 0 Å². The van der Waals surface area contributed by atoms with E-state index >= 15 is 0 Å². The van der Waals surface area contributed by atoms with Crippen molar-refractivity contribution < 1.29 is 5.11 Å². The second kappa shape index (κ2) is 5.88. The van der Waals surface area contributed by atoms with Gasteiger partial charge in [-0.25, -0.2) is 4.98 Å². The molecule has 1 N–H and O–H groups in total. The Hall–Kier alpha value is -1.61. The number of halogens is 2. The number of anilines is 1. The summed E-state index contributed by atoms with van der Waals surface area (Å²) in [6.45, 7) is 1.19. The first-order valence-corrected chi connectivity index (χ1v) is 7.98. The Bertz CT molecular complexity index is 744. The zero-order valence-corrected chi connectivity index (χ0v) is 14.0. The Kier molecular flexibility index (Phi) is 4.09. The Morgan fingerprint density at radius 3 is 2.82 bits per heavy atom. The van der Waals surface area contributed by atoms with Crippen LogP contribution in [0.25, 0.3) is 0 Å². The average molecular weight is 379 g/mol. The van der Waals surface area contributed by atoms with Gasteiger partial charge in [0.1, 0.15) is 16.3 Å². The lowest BCUT2D eigenvalue weighted by Crippen LogP contribution is -2.30. The van der Waals surface area contributed by atoms with Crippen molar-refractivity contribution in [1.29, 1.82) is 5.26 Å². The maximum absolute atomic E-state index is 10.9. The number of pyridine rings is 1. The molecule has 0 aliphatic carbocycles. The van der Waals surface area contributed by atoms with E-state index in [1.54, 1.807) is 18.3 Å². The van der Waals surface area contributed by atoms with Gasteiger partial charge in [-0.1, -0.05) is 17.7 Å². The first-order chi connectivity index (χ1) is 10.5. The van der Waals surface area contributed by atoms with Crippen LogP contribution in [0.1, 0.15) is 17.5 Å². The van der Waals surface area contributed by atoms with E-state index < -0.39 is 5.60 Å². The van der Waals surface area contributed by atoms with Gasteiger partial charge in [0.15, 0.2) is 0 Å². The molecule has 1 saturated heterocycles. The number of hydrogen-bond donors (Lipinski definition) is 1. The Labute approximate surface area is 142 Å². The topological polar surface area (TPSA) is 60.2 Å². The number of benzene rings is 1. The van der Waals surface area contributed by atoms with Crippen molar-refractivity contribution in [3.8, 4) is 6.07 Å². The van der Waals surface area contributed by atoms with Gasteiger partial charge in [0.05, 0.1) is 17.1 Å². The molecule has 4 nitrogen and oxygen atoms in total. The van der Waals surface area contributed by atoms with Crippen LogP contribution in [-0.4, -0.2) is 23.2 Å². The van der Waals surface area contributed by atoms with E-state index in [4.69, 9.17) is 16.9 Å². The van der Waals surface area contributed by atoms with E-state index in [2.05, 4.69) is 25.8 Å². The first-order valence-electron chi connectivity index (χ1n) is 6.81. The fourth-order valence-electron chi connectivity index (χ4n) is 2.69. The molecule has 22 heavy (non-hydrogen) atoms. The largest absolute Gasteiger partial charge is 0.383 e. The molecule has 1 aliphatic heterocycles. The molecule has 0 bridgehead atoms. The Morgan fingerprint density at radius 1 is 1.36 bits per heavy atom. The Balaban J connectivity index is 1.84. The minimum atomic E-state index is -0.923. The van der Waals surface area contributed by atoms with Crippen molar-refractivity contribution in [3.63, 3.8) is 0 Å². The van der Waals surface area contributed by atoms with Crippen LogP contribution in [0.4, 0.5) is 5.69 Å². The number of rotatable bonds is 2. The van der Waals surface area contributed by atoms with Crippen LogP contribution in [0.15, 0.2) is 41.1 Å². The number of aromatic nitrogens is 1. The maximum atomic E-state index is 10.9. The summed E-state index contributed by atoms with van der Waals surface area (Å²) in [7, 11) is 0. The molecule has 112 valence electrons. The monoisotopic (exact) mass is 377 g/mol. The summed E-state index contributed by atoms with van der Waals surface area (Å²) in [5, 5.41) is 20.2. The third-order valence-corrected chi connectivity index (χ3v) is 4.73. The smallest absolute Gasteiger partial charge is 0.110 e. The number of β-amino-alcohol motifs (C(OH)–C–C–N with tert-alkyl or cyclic N) is 1. The van der Waals surface area contributed by atoms with Crippen LogP contribution in [0.5, 0.6) is 0 Å². The fourth-order valence-corrected chi connectivity index (χ4v) is 3.14. The lowest BCUT2D eigenvalue weighted by atomic mass is 9.95. The molecule has 1 aromatic heterocycles. The lowest BCUT2D eigenvalue weighted by molar-refractivity contribution is 0.0603. The second-order valence-corrected chi connectivity index (χ2v) is 6.57. The van der Waals surface area contributed by atoms with Crippen molar-refractivity contribution in [1.82, 2.24) is 4.98 Å². The van der Waals surface area contributed by atoms with Gasteiger partial charge in [-0.3, -0.25) is 0 Å². The molecule has 0 spiro atoms. The summed E-state index contributed by atoms with van der Waals surface area (Å²) in [5.41, 5.74) is 1.24. The van der Waals surface area contributed by atoms with Crippen LogP contribution in [0, 0.1) is 11.3 Å². The molecular weight excluding hydrogens is 366 g/mol. The van der Waals surface area contributed by atoms with Gasteiger partial charge in [-0.15, -0.1) is 0 Å². The molecule has 1 unspecified atom stereocenters. The zero-order chi connectivity index (χ0) is 15.7. The molecule has 1 fully saturated rings. The molecule has 1 aliphatic rings. The van der Waals surface area contributed by atoms with Gasteiger partial charge >= 0.3 is 0 Å². The number of nitriles is 1. The van der Waals surface area contributed by atoms with E-state index in [1.807, 2.05) is 24.3 Å². The molecule has 2 aromatic rings. The van der Waals surface area contributed by atoms with Crippen molar-refractivity contribution in [3.05, 3.63) is 57.3 Å². The summed E-state index contributed by atoms with van der Waals surface area (Å²) in [4.78, 5) is 6.25. The van der Waals surface area contributed by atoms with Gasteiger partial charge in [0.25, 0.3) is 0 Å². The lowest BCUT2D eigenvalue weighted by Gasteiger charge is -2.24. The van der Waals surface area contributed by atoms with E-state index in [0.29, 0.717) is 23.6 Å². The average Bonchev–Trinajstić information content (AvgIpc) is 2.91. The van der Waals surface area contributed by atoms with Crippen molar-refractivity contribution in [2.45, 2.75) is 12.0 Å². The van der Waals surface area contributed by atoms with Gasteiger partial charge in [0, 0.05) is 24.0 Å². The predicted molar refractivity (Wildman–Crippen MR) is 88.8 cm³/mol. The molecule has 2 heterocycles. The van der Waals surface area contributed by atoms with Gasteiger partial charge < -0.3 is 10.0 Å². The summed E-state index contributed by atoms with van der Waals surface area (Å²) in [5.74, 6) is 0. The molecule has 0 saturated carbocycles. The van der Waals surface area contributed by atoms with Gasteiger partial charge in [-0.2, -0.15) is 5.26 Å². The van der Waals surface area contributed by atoms with Crippen LogP contribution < -0.4 is 4.90 Å². The van der Waals surface area contributed by atoms with Crippen LogP contribution >= 0.6 is 27.5 Å². The fraction of sp³-hybridized carbons (Fsp3) is 0.250. The zero-order valence-electron chi connectivity index (χ0n) is 11.6. The highest BCUT2D eigenvalue weighted by Crippen LogP contribution is 2.35. The molecular formula is C16H13BrClN3O. The number of nitrogens with zero attached hydrogens (tertiary/aromatic N) is 3. The highest BCUT2D eigenvalue weighted by molar-refractivity contribution is 9.10. The maximum Gasteiger partial charge on any atom is 0.110 e. The van der Waals surface area contributed by atoms with Crippen LogP contribution in [-0.2, 0) is 5.60 Å². The van der Waals surface area contributed by atoms with Gasteiger partial charge in [0.2, 0.25) is 0 Å². The van der Waals surface area contributed by atoms with Crippen LogP contribution in [0.2, 0.25) is 5.02 Å². The van der Waals surface area contributed by atoms with E-state index in [0.717, 1.165) is 22.4 Å². The molecule has 0 radical (unpaired) electrons. The van der Waals surface area contributed by atoms with Crippen LogP contribution in [0.3, 0.4) is 0 Å². The minimum Gasteiger partial charge on any atom is -0.383 e. The minimum absolute atomic E-state index is 0.431. The molecule has 3 rings (SSSR count). The number of hydrogen-bond acceptors (Lipinski definition) is 4.